The Morgan fingerprint density at radius 1 is 1.13 bits per heavy atom. The van der Waals surface area contributed by atoms with E-state index in [-0.39, 0.29) is 11.9 Å². The van der Waals surface area contributed by atoms with Crippen molar-refractivity contribution in [3.63, 3.8) is 0 Å². The zero-order valence-corrected chi connectivity index (χ0v) is 19.0. The third-order valence-corrected chi connectivity index (χ3v) is 7.02. The quantitative estimate of drug-likeness (QED) is 0.504. The number of urea groups is 1. The number of nitrogens with one attached hydrogen (secondary N) is 1. The number of rotatable bonds is 6. The van der Waals surface area contributed by atoms with Gasteiger partial charge >= 0.3 is 6.03 Å². The summed E-state index contributed by atoms with van der Waals surface area (Å²) in [6, 6.07) is 5.23. The molecule has 0 unspecified atom stereocenters. The van der Waals surface area contributed by atoms with Crippen LogP contribution in [0.25, 0.3) is 0 Å². The lowest BCUT2D eigenvalue weighted by molar-refractivity contribution is -0.133. The van der Waals surface area contributed by atoms with Crippen LogP contribution in [0.5, 0.6) is 0 Å². The van der Waals surface area contributed by atoms with Crippen molar-refractivity contribution in [2.45, 2.75) is 43.7 Å². The van der Waals surface area contributed by atoms with Crippen molar-refractivity contribution in [2.24, 2.45) is 17.4 Å². The maximum absolute atomic E-state index is 11.8. The van der Waals surface area contributed by atoms with Crippen LogP contribution >= 0.6 is 23.2 Å². The standard InChI is InChI=1S/C20H27Cl2N3O2.CH4N2O/c21-16-2-1-3-17(18(16)22)25-10-8-24(9-11-25)7-4-14-12-15(13-14)23-19(26)20(27)5-6-20;2-1(3)4/h1-3,14-15,27H,4-13H2,(H,23,26);(H4,2,3,4)/t14-,15-;. The van der Waals surface area contributed by atoms with E-state index in [2.05, 4.69) is 26.6 Å². The van der Waals surface area contributed by atoms with Gasteiger partial charge in [0.15, 0.2) is 0 Å². The predicted molar refractivity (Wildman–Crippen MR) is 122 cm³/mol. The van der Waals surface area contributed by atoms with E-state index in [0.29, 0.717) is 28.8 Å². The molecule has 3 fully saturated rings. The smallest absolute Gasteiger partial charge is 0.309 e. The summed E-state index contributed by atoms with van der Waals surface area (Å²) in [4.78, 5) is 25.7. The van der Waals surface area contributed by atoms with Gasteiger partial charge in [0.05, 0.1) is 15.7 Å². The predicted octanol–water partition coefficient (Wildman–Crippen LogP) is 1.95. The first kappa shape index (κ1) is 23.9. The SMILES string of the molecule is NC(N)=O.O=C(N[C@H]1C[C@H](CCN2CCN(c3cccc(Cl)c3Cl)CC2)C1)C1(O)CC1. The average molecular weight is 472 g/mol. The summed E-state index contributed by atoms with van der Waals surface area (Å²) in [5.74, 6) is 0.520. The summed E-state index contributed by atoms with van der Waals surface area (Å²) < 4.78 is 0. The number of benzene rings is 1. The van der Waals surface area contributed by atoms with Crippen LogP contribution in [0.4, 0.5) is 10.5 Å². The summed E-state index contributed by atoms with van der Waals surface area (Å²) >= 11 is 12.5. The van der Waals surface area contributed by atoms with E-state index in [9.17, 15) is 9.90 Å². The molecule has 1 aliphatic heterocycles. The molecule has 1 saturated heterocycles. The second-order valence-corrected chi connectivity index (χ2v) is 9.42. The lowest BCUT2D eigenvalue weighted by Crippen LogP contribution is -2.50. The molecule has 172 valence electrons. The molecule has 3 aliphatic rings. The van der Waals surface area contributed by atoms with Gasteiger partial charge in [-0.05, 0) is 56.7 Å². The van der Waals surface area contributed by atoms with Crippen LogP contribution in [-0.4, -0.2) is 66.3 Å². The monoisotopic (exact) mass is 471 g/mol. The van der Waals surface area contributed by atoms with Crippen molar-refractivity contribution in [3.8, 4) is 0 Å². The number of carbonyl (C=O) groups excluding carboxylic acids is 2. The number of aliphatic hydroxyl groups is 1. The Morgan fingerprint density at radius 3 is 2.32 bits per heavy atom. The molecule has 1 aromatic carbocycles. The van der Waals surface area contributed by atoms with E-state index >= 15 is 0 Å². The number of anilines is 1. The molecule has 1 heterocycles. The zero-order valence-electron chi connectivity index (χ0n) is 17.5. The van der Waals surface area contributed by atoms with Gasteiger partial charge in [-0.3, -0.25) is 9.69 Å². The Bertz CT molecular complexity index is 787. The van der Waals surface area contributed by atoms with Gasteiger partial charge in [0, 0.05) is 32.2 Å². The van der Waals surface area contributed by atoms with Crippen LogP contribution < -0.4 is 21.7 Å². The van der Waals surface area contributed by atoms with Gasteiger partial charge in [0.1, 0.15) is 5.60 Å². The molecule has 4 rings (SSSR count). The molecule has 0 aromatic heterocycles. The Balaban J connectivity index is 0.000000628. The van der Waals surface area contributed by atoms with E-state index in [4.69, 9.17) is 28.0 Å². The van der Waals surface area contributed by atoms with Crippen LogP contribution in [0.15, 0.2) is 18.2 Å². The van der Waals surface area contributed by atoms with Gasteiger partial charge in [0.25, 0.3) is 5.91 Å². The van der Waals surface area contributed by atoms with Gasteiger partial charge in [-0.2, -0.15) is 0 Å². The summed E-state index contributed by atoms with van der Waals surface area (Å²) in [5.41, 5.74) is 8.48. The van der Waals surface area contributed by atoms with Crippen molar-refractivity contribution in [1.29, 1.82) is 0 Å². The molecular formula is C21H31Cl2N5O3. The molecule has 0 atom stereocenters. The highest BCUT2D eigenvalue weighted by Crippen LogP contribution is 2.37. The fourth-order valence-electron chi connectivity index (χ4n) is 4.07. The zero-order chi connectivity index (χ0) is 22.6. The van der Waals surface area contributed by atoms with Crippen molar-refractivity contribution in [1.82, 2.24) is 10.2 Å². The highest BCUT2D eigenvalue weighted by Gasteiger charge is 2.49. The van der Waals surface area contributed by atoms with Crippen LogP contribution in [0.1, 0.15) is 32.1 Å². The lowest BCUT2D eigenvalue weighted by atomic mass is 9.78. The first-order chi connectivity index (χ1) is 14.7. The summed E-state index contributed by atoms with van der Waals surface area (Å²) in [5, 5.41) is 14.0. The topological polar surface area (TPSA) is 125 Å². The Kier molecular flexibility index (Phi) is 7.91. The van der Waals surface area contributed by atoms with E-state index in [1.807, 2.05) is 18.2 Å². The van der Waals surface area contributed by atoms with E-state index < -0.39 is 11.6 Å². The number of nitrogens with zero attached hydrogens (tertiary/aromatic N) is 2. The van der Waals surface area contributed by atoms with Gasteiger partial charge in [-0.25, -0.2) is 4.79 Å². The van der Waals surface area contributed by atoms with E-state index in [1.165, 1.54) is 6.42 Å². The molecule has 3 amide bonds. The summed E-state index contributed by atoms with van der Waals surface area (Å²) in [6.07, 6.45) is 4.48. The molecule has 2 aliphatic carbocycles. The third kappa shape index (κ3) is 6.62. The molecule has 31 heavy (non-hydrogen) atoms. The van der Waals surface area contributed by atoms with Gasteiger partial charge < -0.3 is 26.8 Å². The largest absolute Gasteiger partial charge is 0.380 e. The first-order valence-electron chi connectivity index (χ1n) is 10.7. The minimum atomic E-state index is -1.05. The van der Waals surface area contributed by atoms with Gasteiger partial charge in [-0.1, -0.05) is 29.3 Å². The fourth-order valence-corrected chi connectivity index (χ4v) is 4.48. The Hall–Kier alpha value is -1.74. The molecule has 1 aromatic rings. The number of hydrogen-bond acceptors (Lipinski definition) is 5. The molecule has 0 radical (unpaired) electrons. The molecule has 0 bridgehead atoms. The van der Waals surface area contributed by atoms with Crippen molar-refractivity contribution >= 4 is 40.8 Å². The van der Waals surface area contributed by atoms with Crippen LogP contribution in [0.2, 0.25) is 10.0 Å². The molecule has 10 heteroatoms. The number of hydrogen-bond donors (Lipinski definition) is 4. The van der Waals surface area contributed by atoms with Crippen LogP contribution in [0.3, 0.4) is 0 Å². The number of carbonyl (C=O) groups is 2. The maximum atomic E-state index is 11.8. The molecule has 2 saturated carbocycles. The molecule has 8 nitrogen and oxygen atoms in total. The molecule has 0 spiro atoms. The average Bonchev–Trinajstić information content (AvgIpc) is 3.44. The van der Waals surface area contributed by atoms with Crippen molar-refractivity contribution < 1.29 is 14.7 Å². The number of halogens is 2. The number of amides is 3. The molecular weight excluding hydrogens is 441 g/mol. The highest BCUT2D eigenvalue weighted by molar-refractivity contribution is 6.43. The fraction of sp³-hybridized carbons (Fsp3) is 0.619. The van der Waals surface area contributed by atoms with E-state index in [0.717, 1.165) is 51.3 Å². The van der Waals surface area contributed by atoms with Crippen molar-refractivity contribution in [3.05, 3.63) is 28.2 Å². The van der Waals surface area contributed by atoms with Gasteiger partial charge in [0.2, 0.25) is 0 Å². The minimum absolute atomic E-state index is 0.165. The summed E-state index contributed by atoms with van der Waals surface area (Å²) in [6.45, 7) is 5.09. The van der Waals surface area contributed by atoms with E-state index in [1.54, 1.807) is 0 Å². The molecule has 6 N–H and O–H groups in total. The normalized spacial score (nSPS) is 24.4. The highest BCUT2D eigenvalue weighted by atomic mass is 35.5. The second kappa shape index (κ2) is 10.3. The maximum Gasteiger partial charge on any atom is 0.309 e. The van der Waals surface area contributed by atoms with Gasteiger partial charge in [-0.15, -0.1) is 0 Å². The Morgan fingerprint density at radius 2 is 1.74 bits per heavy atom. The first-order valence-corrected chi connectivity index (χ1v) is 11.4. The van der Waals surface area contributed by atoms with Crippen LogP contribution in [-0.2, 0) is 4.79 Å². The Labute approximate surface area is 192 Å². The minimum Gasteiger partial charge on any atom is -0.380 e. The number of nitrogens with two attached hydrogens (primary N) is 2. The lowest BCUT2D eigenvalue weighted by Gasteiger charge is -2.40. The van der Waals surface area contributed by atoms with Crippen molar-refractivity contribution in [2.75, 3.05) is 37.6 Å². The summed E-state index contributed by atoms with van der Waals surface area (Å²) in [7, 11) is 0. The third-order valence-electron chi connectivity index (χ3n) is 6.21. The number of piperazine rings is 1. The van der Waals surface area contributed by atoms with Crippen LogP contribution in [0, 0.1) is 5.92 Å². The second-order valence-electron chi connectivity index (χ2n) is 8.63. The number of primary amides is 2.